The van der Waals surface area contributed by atoms with Crippen molar-refractivity contribution in [2.45, 2.75) is 47.3 Å². The second kappa shape index (κ2) is 21.7. The smallest absolute Gasteiger partial charge is 0.270 e. The van der Waals surface area contributed by atoms with Gasteiger partial charge in [0, 0.05) is 40.4 Å². The van der Waals surface area contributed by atoms with E-state index >= 15 is 0 Å². The van der Waals surface area contributed by atoms with E-state index in [1.54, 1.807) is 39.3 Å². The van der Waals surface area contributed by atoms with E-state index < -0.39 is 0 Å². The van der Waals surface area contributed by atoms with Crippen LogP contribution in [0.4, 0.5) is 0 Å². The Labute approximate surface area is 337 Å². The molecule has 0 saturated heterocycles. The third-order valence-electron chi connectivity index (χ3n) is 7.64. The molecule has 0 aliphatic carbocycles. The van der Waals surface area contributed by atoms with Crippen LogP contribution in [0.5, 0.6) is 17.6 Å². The van der Waals surface area contributed by atoms with E-state index in [9.17, 15) is 19.2 Å². The molecule has 6 aromatic heterocycles. The van der Waals surface area contributed by atoms with Crippen molar-refractivity contribution in [3.05, 3.63) is 84.0 Å². The molecule has 6 aromatic rings. The SMILES string of the molecule is C.CCOC(C)COc1ccc2ncc(=O)n(C)c2n1.CCOC(C)COc1nc2c(cc1Cl)ncc(=O)n2C.Cn1c(=O)cnc2cc(Cl)c(OCC=O)nc21. The van der Waals surface area contributed by atoms with E-state index in [0.29, 0.717) is 77.1 Å². The molecular weight excluding hydrogens is 785 g/mol. The monoisotopic (exact) mass is 829 g/mol. The molecule has 0 saturated carbocycles. The Morgan fingerprint density at radius 2 is 1.07 bits per heavy atom. The number of halogens is 2. The van der Waals surface area contributed by atoms with Crippen molar-refractivity contribution in [2.75, 3.05) is 33.0 Å². The minimum Gasteiger partial charge on any atom is -0.475 e. The van der Waals surface area contributed by atoms with Crippen LogP contribution in [0.15, 0.2) is 57.2 Å². The number of aryl methyl sites for hydroxylation is 3. The van der Waals surface area contributed by atoms with E-state index in [0.717, 1.165) is 0 Å². The van der Waals surface area contributed by atoms with Gasteiger partial charge in [-0.15, -0.1) is 0 Å². The van der Waals surface area contributed by atoms with Crippen molar-refractivity contribution in [2.24, 2.45) is 21.1 Å². The zero-order chi connectivity index (χ0) is 40.9. The Kier molecular flexibility index (Phi) is 17.4. The third-order valence-corrected chi connectivity index (χ3v) is 8.18. The van der Waals surface area contributed by atoms with E-state index in [2.05, 4.69) is 29.9 Å². The summed E-state index contributed by atoms with van der Waals surface area (Å²) in [6.07, 6.45) is 4.22. The molecule has 0 amide bonds. The van der Waals surface area contributed by atoms with E-state index in [-0.39, 0.29) is 59.7 Å². The summed E-state index contributed by atoms with van der Waals surface area (Å²) in [7, 11) is 4.85. The first-order valence-corrected chi connectivity index (χ1v) is 18.0. The zero-order valence-corrected chi connectivity index (χ0v) is 33.3. The van der Waals surface area contributed by atoms with Gasteiger partial charge in [-0.25, -0.2) is 15.0 Å². The molecule has 0 N–H and O–H groups in total. The van der Waals surface area contributed by atoms with Crippen molar-refractivity contribution in [3.63, 3.8) is 0 Å². The summed E-state index contributed by atoms with van der Waals surface area (Å²) in [6, 6.07) is 6.67. The van der Waals surface area contributed by atoms with Crippen molar-refractivity contribution in [1.82, 2.24) is 43.6 Å². The molecule has 57 heavy (non-hydrogen) atoms. The number of pyridine rings is 3. The van der Waals surface area contributed by atoms with E-state index in [1.807, 2.05) is 27.7 Å². The largest absolute Gasteiger partial charge is 0.475 e. The minimum atomic E-state index is -0.284. The van der Waals surface area contributed by atoms with Crippen LogP contribution in [0.2, 0.25) is 10.0 Å². The summed E-state index contributed by atoms with van der Waals surface area (Å²) in [4.78, 5) is 69.2. The second-order valence-electron chi connectivity index (χ2n) is 11.8. The summed E-state index contributed by atoms with van der Waals surface area (Å²) in [6.45, 7) is 9.55. The fourth-order valence-electron chi connectivity index (χ4n) is 4.77. The molecule has 306 valence electrons. The first kappa shape index (κ1) is 45.8. The molecule has 0 bridgehead atoms. The number of hydrogen-bond acceptors (Lipinski definition) is 15. The summed E-state index contributed by atoms with van der Waals surface area (Å²) in [5.74, 6) is 0.838. The lowest BCUT2D eigenvalue weighted by Gasteiger charge is -2.14. The lowest BCUT2D eigenvalue weighted by atomic mass is 10.4. The predicted molar refractivity (Wildman–Crippen MR) is 216 cm³/mol. The van der Waals surface area contributed by atoms with Crippen LogP contribution in [-0.4, -0.2) is 95.1 Å². The first-order valence-electron chi connectivity index (χ1n) is 17.2. The molecule has 2 unspecified atom stereocenters. The normalized spacial score (nSPS) is 11.7. The van der Waals surface area contributed by atoms with Gasteiger partial charge in [-0.05, 0) is 45.9 Å². The van der Waals surface area contributed by atoms with Crippen LogP contribution in [0, 0.1) is 0 Å². The summed E-state index contributed by atoms with van der Waals surface area (Å²) in [5.41, 5.74) is 2.26. The Morgan fingerprint density at radius 3 is 1.53 bits per heavy atom. The van der Waals surface area contributed by atoms with Gasteiger partial charge >= 0.3 is 0 Å². The number of hydrogen-bond donors (Lipinski definition) is 0. The summed E-state index contributed by atoms with van der Waals surface area (Å²) < 4.78 is 31.0. The average molecular weight is 831 g/mol. The molecule has 18 nitrogen and oxygen atoms in total. The van der Waals surface area contributed by atoms with Gasteiger partial charge in [-0.3, -0.25) is 32.9 Å². The summed E-state index contributed by atoms with van der Waals surface area (Å²) >= 11 is 12.0. The summed E-state index contributed by atoms with van der Waals surface area (Å²) in [5, 5.41) is 0.595. The van der Waals surface area contributed by atoms with Crippen LogP contribution < -0.4 is 30.9 Å². The number of nitrogens with zero attached hydrogens (tertiary/aromatic N) is 9. The molecule has 6 rings (SSSR count). The fraction of sp³-hybridized carbons (Fsp3) is 0.405. The average Bonchev–Trinajstić information content (AvgIpc) is 3.18. The first-order chi connectivity index (χ1) is 26.8. The lowest BCUT2D eigenvalue weighted by molar-refractivity contribution is -0.109. The topological polar surface area (TPSA) is 207 Å². The number of carbonyl (C=O) groups excluding carboxylic acids is 1. The molecule has 2 atom stereocenters. The molecule has 0 aromatic carbocycles. The number of aldehydes is 1. The molecular formula is C37H45Cl2N9O9. The third kappa shape index (κ3) is 12.2. The van der Waals surface area contributed by atoms with Crippen LogP contribution in [-0.2, 0) is 35.4 Å². The number of rotatable bonds is 13. The van der Waals surface area contributed by atoms with Gasteiger partial charge < -0.3 is 23.7 Å². The highest BCUT2D eigenvalue weighted by atomic mass is 35.5. The van der Waals surface area contributed by atoms with Crippen molar-refractivity contribution in [3.8, 4) is 17.6 Å². The second-order valence-corrected chi connectivity index (χ2v) is 12.6. The van der Waals surface area contributed by atoms with Crippen molar-refractivity contribution < 1.29 is 28.5 Å². The van der Waals surface area contributed by atoms with Crippen LogP contribution in [0.1, 0.15) is 35.1 Å². The maximum absolute atomic E-state index is 11.5. The van der Waals surface area contributed by atoms with Crippen LogP contribution in [0.25, 0.3) is 33.5 Å². The van der Waals surface area contributed by atoms with Gasteiger partial charge in [0.2, 0.25) is 17.6 Å². The highest BCUT2D eigenvalue weighted by molar-refractivity contribution is 6.32. The Hall–Kier alpha value is -5.56. The van der Waals surface area contributed by atoms with Gasteiger partial charge in [0.15, 0.2) is 23.2 Å². The fourth-order valence-corrected chi connectivity index (χ4v) is 5.17. The number of carbonyl (C=O) groups is 1. The van der Waals surface area contributed by atoms with E-state index in [1.165, 1.54) is 38.4 Å². The molecule has 0 radical (unpaired) electrons. The van der Waals surface area contributed by atoms with Gasteiger partial charge in [0.1, 0.15) is 46.4 Å². The van der Waals surface area contributed by atoms with Crippen LogP contribution >= 0.6 is 23.2 Å². The van der Waals surface area contributed by atoms with Gasteiger partial charge in [0.25, 0.3) is 16.7 Å². The number of fused-ring (bicyclic) bond motifs is 3. The zero-order valence-electron chi connectivity index (χ0n) is 31.8. The lowest BCUT2D eigenvalue weighted by Crippen LogP contribution is -2.20. The standard InChI is InChI=1S/C13H16ClN3O3.C13H17N3O3.C10H8ClN3O3.CH4/c1-4-19-8(2)7-20-13-9(14)5-10-12(16-13)17(3)11(18)6-15-10;1-4-18-9(2)8-19-11-6-5-10-13(15-11)16(3)12(17)7-14-10;1-14-8(16)5-12-7-4-6(11)10(13-9(7)14)17-3-2-15;/h5-6,8H,4,7H2,1-3H3;5-7,9H,4,8H2,1-3H3;2,4-5H,3H2,1H3;1H4. The maximum atomic E-state index is 11.5. The minimum absolute atomic E-state index is 0. The molecule has 0 fully saturated rings. The Morgan fingerprint density at radius 1 is 0.649 bits per heavy atom. The highest BCUT2D eigenvalue weighted by Gasteiger charge is 2.13. The molecule has 6 heterocycles. The van der Waals surface area contributed by atoms with Gasteiger partial charge in [-0.2, -0.15) is 15.0 Å². The Bertz CT molecular complexity index is 2480. The quantitative estimate of drug-likeness (QED) is 0.150. The molecule has 0 aliphatic rings. The molecule has 20 heteroatoms. The Balaban J connectivity index is 0.000000228. The number of ether oxygens (including phenoxy) is 5. The molecule has 0 aliphatic heterocycles. The van der Waals surface area contributed by atoms with Crippen molar-refractivity contribution in [1.29, 1.82) is 0 Å². The number of aromatic nitrogens is 9. The van der Waals surface area contributed by atoms with Gasteiger partial charge in [0.05, 0.1) is 30.8 Å². The van der Waals surface area contributed by atoms with E-state index in [4.69, 9.17) is 46.9 Å². The van der Waals surface area contributed by atoms with Crippen LogP contribution in [0.3, 0.4) is 0 Å². The highest BCUT2D eigenvalue weighted by Crippen LogP contribution is 2.26. The van der Waals surface area contributed by atoms with Crippen molar-refractivity contribution >= 4 is 63.0 Å². The van der Waals surface area contributed by atoms with Gasteiger partial charge in [-0.1, -0.05) is 30.6 Å². The predicted octanol–water partition coefficient (Wildman–Crippen LogP) is 4.11. The molecule has 0 spiro atoms. The maximum Gasteiger partial charge on any atom is 0.270 e.